The first kappa shape index (κ1) is 23.1. The molecular formula is C27H28N4O4S. The molecule has 6 rings (SSSR count). The highest BCUT2D eigenvalue weighted by Crippen LogP contribution is 2.41. The van der Waals surface area contributed by atoms with Crippen molar-refractivity contribution in [2.24, 2.45) is 0 Å². The first-order valence-electron chi connectivity index (χ1n) is 12.3. The number of para-hydroxylation sites is 1. The summed E-state index contributed by atoms with van der Waals surface area (Å²) in [6, 6.07) is 15.8. The number of benzene rings is 2. The number of ether oxygens (including phenoxy) is 1. The molecule has 3 aliphatic rings. The van der Waals surface area contributed by atoms with E-state index >= 15 is 0 Å². The highest BCUT2D eigenvalue weighted by atomic mass is 32.1. The van der Waals surface area contributed by atoms with E-state index in [4.69, 9.17) is 21.8 Å². The largest absolute Gasteiger partial charge is 0.350 e. The summed E-state index contributed by atoms with van der Waals surface area (Å²) in [5.41, 5.74) is 7.56. The molecular weight excluding hydrogens is 476 g/mol. The van der Waals surface area contributed by atoms with Gasteiger partial charge in [0.05, 0.1) is 17.5 Å². The molecule has 2 fully saturated rings. The van der Waals surface area contributed by atoms with E-state index in [0.29, 0.717) is 36.8 Å². The van der Waals surface area contributed by atoms with Crippen molar-refractivity contribution in [2.45, 2.75) is 44.6 Å². The van der Waals surface area contributed by atoms with Gasteiger partial charge in [0.25, 0.3) is 5.91 Å². The lowest BCUT2D eigenvalue weighted by molar-refractivity contribution is -0.186. The van der Waals surface area contributed by atoms with Crippen LogP contribution in [0.15, 0.2) is 48.5 Å². The highest BCUT2D eigenvalue weighted by Gasteiger charge is 2.42. The van der Waals surface area contributed by atoms with Gasteiger partial charge in [-0.1, -0.05) is 42.5 Å². The van der Waals surface area contributed by atoms with Gasteiger partial charge in [0.2, 0.25) is 0 Å². The van der Waals surface area contributed by atoms with Gasteiger partial charge in [-0.3, -0.25) is 9.69 Å². The summed E-state index contributed by atoms with van der Waals surface area (Å²) in [5.74, 6) is -0.284. The van der Waals surface area contributed by atoms with Crippen LogP contribution in [-0.4, -0.2) is 57.8 Å². The normalized spacial score (nSPS) is 21.6. The van der Waals surface area contributed by atoms with E-state index in [1.807, 2.05) is 29.2 Å². The molecule has 36 heavy (non-hydrogen) atoms. The molecule has 0 radical (unpaired) electrons. The van der Waals surface area contributed by atoms with E-state index in [1.54, 1.807) is 24.1 Å². The van der Waals surface area contributed by atoms with Crippen LogP contribution < -0.4 is 5.48 Å². The van der Waals surface area contributed by atoms with Crippen LogP contribution in [0, 0.1) is 0 Å². The van der Waals surface area contributed by atoms with Crippen LogP contribution in [0.25, 0.3) is 10.9 Å². The first-order valence-corrected chi connectivity index (χ1v) is 12.7. The van der Waals surface area contributed by atoms with Crippen LogP contribution >= 0.6 is 12.2 Å². The standard InChI is InChI=1S/C27H28N4O4S/c1-29-26(36)20-15-30(27(29)33)16-22-24(20)19-6-2-3-7-21(19)31(22)14-17-9-11-18(12-10-17)25(32)28-35-23-8-4-5-13-34-23/h2-3,6-7,9-12,20,23H,4-5,8,13-16H2,1H3,(H,28,32). The van der Waals surface area contributed by atoms with E-state index in [-0.39, 0.29) is 24.1 Å². The Bertz CT molecular complexity index is 1350. The van der Waals surface area contributed by atoms with Gasteiger partial charge in [0.15, 0.2) is 6.29 Å². The number of amides is 3. The molecule has 3 aromatic rings. The Morgan fingerprint density at radius 1 is 1.17 bits per heavy atom. The van der Waals surface area contributed by atoms with Gasteiger partial charge in [-0.05, 0) is 42.2 Å². The molecule has 1 aromatic heterocycles. The number of fused-ring (bicyclic) bond motifs is 6. The zero-order valence-electron chi connectivity index (χ0n) is 20.1. The molecule has 0 saturated carbocycles. The third-order valence-electron chi connectivity index (χ3n) is 7.38. The van der Waals surface area contributed by atoms with Gasteiger partial charge in [-0.15, -0.1) is 0 Å². The minimum atomic E-state index is -0.384. The Morgan fingerprint density at radius 2 is 1.97 bits per heavy atom. The molecule has 1 N–H and O–H groups in total. The minimum Gasteiger partial charge on any atom is -0.350 e. The lowest BCUT2D eigenvalue weighted by Gasteiger charge is -2.42. The lowest BCUT2D eigenvalue weighted by Crippen LogP contribution is -2.55. The van der Waals surface area contributed by atoms with Crippen LogP contribution in [-0.2, 0) is 22.7 Å². The topological polar surface area (TPSA) is 76.0 Å². The van der Waals surface area contributed by atoms with Crippen molar-refractivity contribution in [2.75, 3.05) is 20.2 Å². The van der Waals surface area contributed by atoms with Crippen LogP contribution in [0.4, 0.5) is 4.79 Å². The van der Waals surface area contributed by atoms with Crippen LogP contribution in [0.3, 0.4) is 0 Å². The average molecular weight is 505 g/mol. The zero-order valence-corrected chi connectivity index (χ0v) is 20.9. The Morgan fingerprint density at radius 3 is 2.75 bits per heavy atom. The number of nitrogens with one attached hydrogen (secondary N) is 1. The Labute approximate surface area is 214 Å². The van der Waals surface area contributed by atoms with Gasteiger partial charge in [-0.25, -0.2) is 15.1 Å². The van der Waals surface area contributed by atoms with Crippen molar-refractivity contribution in [3.05, 3.63) is 70.9 Å². The predicted octanol–water partition coefficient (Wildman–Crippen LogP) is 4.17. The van der Waals surface area contributed by atoms with Crippen LogP contribution in [0.2, 0.25) is 0 Å². The summed E-state index contributed by atoms with van der Waals surface area (Å²) in [6.07, 6.45) is 2.44. The van der Waals surface area contributed by atoms with E-state index in [9.17, 15) is 9.59 Å². The maximum absolute atomic E-state index is 12.8. The molecule has 8 nitrogen and oxygen atoms in total. The number of carbonyl (C=O) groups is 2. The molecule has 0 spiro atoms. The number of nitrogens with zero attached hydrogens (tertiary/aromatic N) is 3. The van der Waals surface area contributed by atoms with Gasteiger partial charge in [-0.2, -0.15) is 0 Å². The van der Waals surface area contributed by atoms with Gasteiger partial charge in [0, 0.05) is 55.3 Å². The summed E-state index contributed by atoms with van der Waals surface area (Å²) in [5, 5.41) is 1.18. The van der Waals surface area contributed by atoms with E-state index < -0.39 is 0 Å². The molecule has 2 atom stereocenters. The van der Waals surface area contributed by atoms with Crippen molar-refractivity contribution < 1.29 is 19.2 Å². The molecule has 9 heteroatoms. The molecule has 186 valence electrons. The molecule has 3 amide bonds. The molecule has 0 aliphatic carbocycles. The maximum Gasteiger partial charge on any atom is 0.325 e. The number of rotatable bonds is 5. The third-order valence-corrected chi connectivity index (χ3v) is 7.94. The quantitative estimate of drug-likeness (QED) is 0.417. The number of likely N-dealkylation sites (N-methyl/N-ethyl adjacent to an activating group) is 1. The number of thiocarbonyl (C=S) groups is 1. The predicted molar refractivity (Wildman–Crippen MR) is 139 cm³/mol. The summed E-state index contributed by atoms with van der Waals surface area (Å²) >= 11 is 5.71. The van der Waals surface area contributed by atoms with Crippen molar-refractivity contribution >= 4 is 40.0 Å². The van der Waals surface area contributed by atoms with Crippen molar-refractivity contribution in [1.82, 2.24) is 19.8 Å². The summed E-state index contributed by atoms with van der Waals surface area (Å²) in [4.78, 5) is 34.9. The zero-order chi connectivity index (χ0) is 24.8. The summed E-state index contributed by atoms with van der Waals surface area (Å²) in [7, 11) is 1.76. The van der Waals surface area contributed by atoms with Crippen molar-refractivity contribution in [3.63, 3.8) is 0 Å². The second-order valence-electron chi connectivity index (χ2n) is 9.62. The highest BCUT2D eigenvalue weighted by molar-refractivity contribution is 7.80. The summed E-state index contributed by atoms with van der Waals surface area (Å²) in [6.45, 7) is 2.46. The number of urea groups is 1. The fourth-order valence-electron chi connectivity index (χ4n) is 5.49. The second kappa shape index (κ2) is 9.31. The van der Waals surface area contributed by atoms with Gasteiger partial charge < -0.3 is 14.2 Å². The van der Waals surface area contributed by atoms with Gasteiger partial charge in [0.1, 0.15) is 0 Å². The Kier molecular flexibility index (Phi) is 5.99. The Balaban J connectivity index is 1.26. The minimum absolute atomic E-state index is 0.0109. The number of hydrogen-bond donors (Lipinski definition) is 1. The average Bonchev–Trinajstić information content (AvgIpc) is 3.23. The second-order valence-corrected chi connectivity index (χ2v) is 10.0. The lowest BCUT2D eigenvalue weighted by atomic mass is 9.89. The third kappa shape index (κ3) is 3.97. The van der Waals surface area contributed by atoms with E-state index in [1.165, 1.54) is 10.9 Å². The monoisotopic (exact) mass is 504 g/mol. The van der Waals surface area contributed by atoms with Crippen molar-refractivity contribution in [3.8, 4) is 0 Å². The molecule has 2 aromatic carbocycles. The van der Waals surface area contributed by atoms with Crippen LogP contribution in [0.5, 0.6) is 0 Å². The molecule has 2 saturated heterocycles. The van der Waals surface area contributed by atoms with E-state index in [2.05, 4.69) is 22.2 Å². The fourth-order valence-corrected chi connectivity index (χ4v) is 5.76. The van der Waals surface area contributed by atoms with Crippen LogP contribution in [0.1, 0.15) is 52.4 Å². The molecule has 4 heterocycles. The maximum atomic E-state index is 12.8. The first-order chi connectivity index (χ1) is 17.5. The van der Waals surface area contributed by atoms with E-state index in [0.717, 1.165) is 36.0 Å². The number of hydrogen-bond acceptors (Lipinski definition) is 5. The Hall–Kier alpha value is -3.27. The number of hydroxylamine groups is 1. The number of aromatic nitrogens is 1. The van der Waals surface area contributed by atoms with Gasteiger partial charge >= 0.3 is 6.03 Å². The van der Waals surface area contributed by atoms with Crippen molar-refractivity contribution in [1.29, 1.82) is 0 Å². The molecule has 2 unspecified atom stereocenters. The summed E-state index contributed by atoms with van der Waals surface area (Å²) < 4.78 is 7.78. The molecule has 2 bridgehead atoms. The SMILES string of the molecule is CN1C(=O)N2Cc3c(c4ccccc4n3Cc3ccc(C(=O)NOC4CCCCO4)cc3)C(C2)C1=S. The number of carbonyl (C=O) groups excluding carboxylic acids is 2. The molecule has 3 aliphatic heterocycles. The fraction of sp³-hybridized carbons (Fsp3) is 0.370. The smallest absolute Gasteiger partial charge is 0.325 e.